The van der Waals surface area contributed by atoms with Gasteiger partial charge < -0.3 is 0 Å². The van der Waals surface area contributed by atoms with Gasteiger partial charge in [-0.15, -0.1) is 0 Å². The summed E-state index contributed by atoms with van der Waals surface area (Å²) in [5.41, 5.74) is 0.0212. The first-order chi connectivity index (χ1) is 7.23. The summed E-state index contributed by atoms with van der Waals surface area (Å²) >= 11 is 0. The molecule has 0 amide bonds. The van der Waals surface area contributed by atoms with Crippen molar-refractivity contribution in [1.29, 1.82) is 0 Å². The standard InChI is InChI=1S/C10H13F2NO2S/c1-7(13(2)16(3,14)15)9-6-8(11)4-5-10(9)12/h4-7H,1-3H3. The van der Waals surface area contributed by atoms with Crippen LogP contribution >= 0.6 is 0 Å². The van der Waals surface area contributed by atoms with Crippen molar-refractivity contribution in [3.05, 3.63) is 35.4 Å². The molecule has 16 heavy (non-hydrogen) atoms. The van der Waals surface area contributed by atoms with E-state index < -0.39 is 27.7 Å². The summed E-state index contributed by atoms with van der Waals surface area (Å²) in [5.74, 6) is -1.21. The van der Waals surface area contributed by atoms with Crippen molar-refractivity contribution in [2.75, 3.05) is 13.3 Å². The number of benzene rings is 1. The van der Waals surface area contributed by atoms with Crippen LogP contribution < -0.4 is 0 Å². The minimum Gasteiger partial charge on any atom is -0.212 e. The topological polar surface area (TPSA) is 37.4 Å². The molecule has 0 aliphatic carbocycles. The maximum Gasteiger partial charge on any atom is 0.211 e. The van der Waals surface area contributed by atoms with Crippen LogP contribution in [0.25, 0.3) is 0 Å². The Morgan fingerprint density at radius 2 is 1.88 bits per heavy atom. The largest absolute Gasteiger partial charge is 0.212 e. The van der Waals surface area contributed by atoms with Gasteiger partial charge in [-0.1, -0.05) is 0 Å². The average Bonchev–Trinajstić information content (AvgIpc) is 2.18. The predicted molar refractivity (Wildman–Crippen MR) is 57.4 cm³/mol. The van der Waals surface area contributed by atoms with E-state index in [1.54, 1.807) is 0 Å². The van der Waals surface area contributed by atoms with E-state index in [4.69, 9.17) is 0 Å². The predicted octanol–water partition coefficient (Wildman–Crippen LogP) is 1.92. The highest BCUT2D eigenvalue weighted by molar-refractivity contribution is 7.88. The Labute approximate surface area is 93.7 Å². The minimum absolute atomic E-state index is 0.0212. The first kappa shape index (κ1) is 13.1. The summed E-state index contributed by atoms with van der Waals surface area (Å²) in [6, 6.07) is 2.23. The van der Waals surface area contributed by atoms with E-state index in [0.29, 0.717) is 0 Å². The van der Waals surface area contributed by atoms with Crippen molar-refractivity contribution in [2.45, 2.75) is 13.0 Å². The lowest BCUT2D eigenvalue weighted by atomic mass is 10.1. The third-order valence-corrected chi connectivity index (χ3v) is 3.84. The van der Waals surface area contributed by atoms with Gasteiger partial charge in [-0.2, -0.15) is 4.31 Å². The van der Waals surface area contributed by atoms with Crippen LogP contribution in [0.2, 0.25) is 0 Å². The van der Waals surface area contributed by atoms with Gasteiger partial charge in [-0.05, 0) is 25.1 Å². The van der Waals surface area contributed by atoms with Gasteiger partial charge in [0.25, 0.3) is 0 Å². The quantitative estimate of drug-likeness (QED) is 0.820. The Hall–Kier alpha value is -1.01. The fourth-order valence-corrected chi connectivity index (χ4v) is 2.01. The average molecular weight is 249 g/mol. The van der Waals surface area contributed by atoms with Gasteiger partial charge in [0.15, 0.2) is 0 Å². The van der Waals surface area contributed by atoms with Gasteiger partial charge >= 0.3 is 0 Å². The first-order valence-electron chi connectivity index (χ1n) is 4.61. The van der Waals surface area contributed by atoms with E-state index >= 15 is 0 Å². The molecule has 1 atom stereocenters. The molecule has 0 saturated heterocycles. The van der Waals surface area contributed by atoms with Crippen molar-refractivity contribution in [2.24, 2.45) is 0 Å². The second-order valence-electron chi connectivity index (χ2n) is 3.62. The zero-order valence-corrected chi connectivity index (χ0v) is 10.1. The van der Waals surface area contributed by atoms with Crippen LogP contribution in [0.4, 0.5) is 8.78 Å². The van der Waals surface area contributed by atoms with Crippen molar-refractivity contribution in [1.82, 2.24) is 4.31 Å². The van der Waals surface area contributed by atoms with Gasteiger partial charge in [0.05, 0.1) is 6.26 Å². The highest BCUT2D eigenvalue weighted by Gasteiger charge is 2.22. The van der Waals surface area contributed by atoms with Crippen molar-refractivity contribution < 1.29 is 17.2 Å². The van der Waals surface area contributed by atoms with E-state index in [1.807, 2.05) is 0 Å². The summed E-state index contributed by atoms with van der Waals surface area (Å²) in [7, 11) is -2.11. The first-order valence-corrected chi connectivity index (χ1v) is 6.46. The Kier molecular flexibility index (Phi) is 3.64. The molecule has 0 N–H and O–H groups in total. The molecular formula is C10H13F2NO2S. The molecule has 0 aliphatic heterocycles. The lowest BCUT2D eigenvalue weighted by Crippen LogP contribution is -2.29. The van der Waals surface area contributed by atoms with Crippen molar-refractivity contribution >= 4 is 10.0 Å². The van der Waals surface area contributed by atoms with Gasteiger partial charge in [-0.3, -0.25) is 0 Å². The molecule has 0 bridgehead atoms. The van der Waals surface area contributed by atoms with E-state index in [9.17, 15) is 17.2 Å². The molecule has 0 aromatic heterocycles. The maximum atomic E-state index is 13.4. The highest BCUT2D eigenvalue weighted by Crippen LogP contribution is 2.24. The van der Waals surface area contributed by atoms with Crippen LogP contribution in [-0.4, -0.2) is 26.0 Å². The Morgan fingerprint density at radius 1 is 1.31 bits per heavy atom. The molecule has 90 valence electrons. The van der Waals surface area contributed by atoms with Gasteiger partial charge in [0.1, 0.15) is 11.6 Å². The zero-order valence-electron chi connectivity index (χ0n) is 9.24. The molecule has 0 radical (unpaired) electrons. The second kappa shape index (κ2) is 4.47. The molecule has 1 aromatic rings. The van der Waals surface area contributed by atoms with Gasteiger partial charge in [0.2, 0.25) is 10.0 Å². The second-order valence-corrected chi connectivity index (χ2v) is 5.66. The van der Waals surface area contributed by atoms with E-state index in [2.05, 4.69) is 0 Å². The summed E-state index contributed by atoms with van der Waals surface area (Å²) in [6.45, 7) is 1.50. The normalized spacial score (nSPS) is 14.1. The summed E-state index contributed by atoms with van der Waals surface area (Å²) in [6.07, 6.45) is 1.01. The van der Waals surface area contributed by atoms with Crippen LogP contribution in [0.1, 0.15) is 18.5 Å². The minimum atomic E-state index is -3.44. The van der Waals surface area contributed by atoms with Crippen LogP contribution in [0.15, 0.2) is 18.2 Å². The van der Waals surface area contributed by atoms with Crippen LogP contribution in [0.5, 0.6) is 0 Å². The van der Waals surface area contributed by atoms with E-state index in [-0.39, 0.29) is 5.56 Å². The Balaban J connectivity index is 3.14. The van der Waals surface area contributed by atoms with Crippen molar-refractivity contribution in [3.8, 4) is 0 Å². The number of rotatable bonds is 3. The number of halogens is 2. The van der Waals surface area contributed by atoms with E-state index in [1.165, 1.54) is 14.0 Å². The molecule has 1 aromatic carbocycles. The molecular weight excluding hydrogens is 236 g/mol. The molecule has 1 unspecified atom stereocenters. The highest BCUT2D eigenvalue weighted by atomic mass is 32.2. The smallest absolute Gasteiger partial charge is 0.211 e. The third-order valence-electron chi connectivity index (χ3n) is 2.48. The molecule has 0 aliphatic rings. The van der Waals surface area contributed by atoms with Gasteiger partial charge in [0, 0.05) is 18.7 Å². The van der Waals surface area contributed by atoms with Crippen LogP contribution in [0.3, 0.4) is 0 Å². The SMILES string of the molecule is CC(c1cc(F)ccc1F)N(C)S(C)(=O)=O. The van der Waals surface area contributed by atoms with Crippen LogP contribution in [-0.2, 0) is 10.0 Å². The lowest BCUT2D eigenvalue weighted by Gasteiger charge is -2.23. The summed E-state index contributed by atoms with van der Waals surface area (Å²) in [4.78, 5) is 0. The molecule has 3 nitrogen and oxygen atoms in total. The zero-order chi connectivity index (χ0) is 12.5. The summed E-state index contributed by atoms with van der Waals surface area (Å²) in [5, 5.41) is 0. The Bertz CT molecular complexity index is 488. The maximum absolute atomic E-state index is 13.4. The third kappa shape index (κ3) is 2.76. The summed E-state index contributed by atoms with van der Waals surface area (Å²) < 4.78 is 49.8. The number of hydrogen-bond donors (Lipinski definition) is 0. The van der Waals surface area contributed by atoms with Crippen molar-refractivity contribution in [3.63, 3.8) is 0 Å². The molecule has 0 saturated carbocycles. The van der Waals surface area contributed by atoms with Crippen LogP contribution in [0, 0.1) is 11.6 Å². The Morgan fingerprint density at radius 3 is 2.38 bits per heavy atom. The number of nitrogens with zero attached hydrogens (tertiary/aromatic N) is 1. The number of hydrogen-bond acceptors (Lipinski definition) is 2. The van der Waals surface area contributed by atoms with Gasteiger partial charge in [-0.25, -0.2) is 17.2 Å². The fraction of sp³-hybridized carbons (Fsp3) is 0.400. The molecule has 1 rings (SSSR count). The molecule has 0 spiro atoms. The molecule has 0 fully saturated rings. The molecule has 6 heteroatoms. The lowest BCUT2D eigenvalue weighted by molar-refractivity contribution is 0.389. The van der Waals surface area contributed by atoms with E-state index in [0.717, 1.165) is 28.8 Å². The number of sulfonamides is 1. The molecule has 0 heterocycles. The monoisotopic (exact) mass is 249 g/mol. The fourth-order valence-electron chi connectivity index (χ4n) is 1.32.